The average Bonchev–Trinajstić information content (AvgIpc) is 2.82. The summed E-state index contributed by atoms with van der Waals surface area (Å²) in [6.07, 6.45) is 2.71. The van der Waals surface area contributed by atoms with E-state index < -0.39 is 22.9 Å². The predicted octanol–water partition coefficient (Wildman–Crippen LogP) is 4.04. The molecule has 0 saturated heterocycles. The van der Waals surface area contributed by atoms with Gasteiger partial charge in [-0.3, -0.25) is 19.3 Å². The van der Waals surface area contributed by atoms with Crippen LogP contribution in [0.15, 0.2) is 44.7 Å². The Balaban J connectivity index is 2.19. The van der Waals surface area contributed by atoms with Gasteiger partial charge in [0.15, 0.2) is 11.1 Å². The molecule has 3 aromatic rings. The molecule has 0 aliphatic rings. The average molecular weight is 530 g/mol. The van der Waals surface area contributed by atoms with Gasteiger partial charge in [0.05, 0.1) is 22.7 Å². The third-order valence-electron chi connectivity index (χ3n) is 5.68. The third-order valence-corrected chi connectivity index (χ3v) is 6.36. The van der Waals surface area contributed by atoms with Gasteiger partial charge in [0.2, 0.25) is 0 Å². The number of rotatable bonds is 7. The van der Waals surface area contributed by atoms with E-state index in [1.807, 2.05) is 19.9 Å². The molecule has 2 heterocycles. The highest BCUT2D eigenvalue weighted by molar-refractivity contribution is 7.82. The summed E-state index contributed by atoms with van der Waals surface area (Å²) in [4.78, 5) is 34.2. The monoisotopic (exact) mass is 529 g/mol. The highest BCUT2D eigenvalue weighted by Crippen LogP contribution is 2.31. The second-order valence-electron chi connectivity index (χ2n) is 8.29. The number of hydrogen-bond donors (Lipinski definition) is 3. The van der Waals surface area contributed by atoms with Gasteiger partial charge in [0.1, 0.15) is 27.5 Å². The van der Waals surface area contributed by atoms with Crippen LogP contribution in [0, 0.1) is 13.8 Å². The highest BCUT2D eigenvalue weighted by Gasteiger charge is 2.22. The highest BCUT2D eigenvalue weighted by atomic mass is 35.5. The molecule has 36 heavy (non-hydrogen) atoms. The molecule has 9 nitrogen and oxygen atoms in total. The van der Waals surface area contributed by atoms with E-state index in [1.54, 1.807) is 33.0 Å². The second kappa shape index (κ2) is 11.0. The summed E-state index contributed by atoms with van der Waals surface area (Å²) >= 11 is 6.01. The number of carbonyl (C=O) groups excluding carboxylic acids is 1. The zero-order valence-electron chi connectivity index (χ0n) is 20.9. The van der Waals surface area contributed by atoms with Crippen LogP contribution < -0.4 is 21.2 Å². The Bertz CT molecular complexity index is 1500. The van der Waals surface area contributed by atoms with E-state index in [0.29, 0.717) is 44.8 Å². The standard InChI is InChI=1S/C25H28ClN5O4S/c1-12-9-16(15(4)29-19-7-8-20(26)30-21(19)25(33)31-36(6)34)24-17(10-12)22(32)13(2)23(35-24)18(11-27)14(3)28-5/h7-11,15,29H,27H2,1-6H3,(H,31,33)/b18-11+,28-14?. The van der Waals surface area contributed by atoms with Crippen molar-refractivity contribution in [3.8, 4) is 0 Å². The summed E-state index contributed by atoms with van der Waals surface area (Å²) in [5, 5.41) is 3.79. The van der Waals surface area contributed by atoms with Crippen LogP contribution in [0.4, 0.5) is 5.69 Å². The number of benzene rings is 1. The fraction of sp³-hybridized carbons (Fsp3) is 0.280. The first-order valence-corrected chi connectivity index (χ1v) is 12.9. The van der Waals surface area contributed by atoms with Crippen LogP contribution in [0.25, 0.3) is 16.5 Å². The molecule has 0 radical (unpaired) electrons. The molecule has 0 aliphatic heterocycles. The smallest absolute Gasteiger partial charge is 0.283 e. The summed E-state index contributed by atoms with van der Waals surface area (Å²) in [5.74, 6) is -0.298. The van der Waals surface area contributed by atoms with Gasteiger partial charge >= 0.3 is 0 Å². The summed E-state index contributed by atoms with van der Waals surface area (Å²) in [6, 6.07) is 6.40. The molecule has 0 fully saturated rings. The second-order valence-corrected chi connectivity index (χ2v) is 9.79. The van der Waals surface area contributed by atoms with Crippen molar-refractivity contribution < 1.29 is 13.4 Å². The molecule has 2 atom stereocenters. The number of pyridine rings is 1. The number of nitrogens with zero attached hydrogens (tertiary/aromatic N) is 2. The first kappa shape index (κ1) is 27.1. The quantitative estimate of drug-likeness (QED) is 0.310. The SMILES string of the molecule is CN=C(C)/C(=C\N)c1oc2c(C(C)Nc3ccc(Cl)nc3C(=O)NS(C)=O)cc(C)cc2c(=O)c1C. The number of aromatic nitrogens is 1. The number of aryl methyl sites for hydroxylation is 1. The number of nitrogens with one attached hydrogen (secondary N) is 2. The van der Waals surface area contributed by atoms with Gasteiger partial charge in [-0.15, -0.1) is 0 Å². The number of amides is 1. The summed E-state index contributed by atoms with van der Waals surface area (Å²) < 4.78 is 20.2. The fourth-order valence-electron chi connectivity index (χ4n) is 3.84. The van der Waals surface area contributed by atoms with Crippen LogP contribution in [-0.4, -0.2) is 34.1 Å². The Morgan fingerprint density at radius 3 is 2.61 bits per heavy atom. The number of aliphatic imine (C=N–C) groups is 1. The Morgan fingerprint density at radius 1 is 1.31 bits per heavy atom. The lowest BCUT2D eigenvalue weighted by atomic mass is 9.98. The predicted molar refractivity (Wildman–Crippen MR) is 146 cm³/mol. The maximum absolute atomic E-state index is 13.4. The van der Waals surface area contributed by atoms with Gasteiger partial charge in [0, 0.05) is 36.3 Å². The number of hydrogen-bond acceptors (Lipinski definition) is 8. The minimum absolute atomic E-state index is 0.0115. The minimum Gasteiger partial charge on any atom is -0.455 e. The normalized spacial score (nSPS) is 14.0. The number of fused-ring (bicyclic) bond motifs is 1. The van der Waals surface area contributed by atoms with Crippen molar-refractivity contribution in [2.45, 2.75) is 33.7 Å². The van der Waals surface area contributed by atoms with Crippen molar-refractivity contribution in [2.24, 2.45) is 10.7 Å². The molecule has 2 aromatic heterocycles. The molecule has 0 aliphatic carbocycles. The lowest BCUT2D eigenvalue weighted by Gasteiger charge is -2.20. The van der Waals surface area contributed by atoms with E-state index in [4.69, 9.17) is 21.8 Å². The molecule has 11 heteroatoms. The van der Waals surface area contributed by atoms with E-state index in [2.05, 4.69) is 20.0 Å². The Kier molecular flexibility index (Phi) is 8.31. The topological polar surface area (TPSA) is 140 Å². The summed E-state index contributed by atoms with van der Waals surface area (Å²) in [5.41, 5.74) is 9.55. The van der Waals surface area contributed by atoms with Crippen molar-refractivity contribution >= 4 is 56.4 Å². The largest absolute Gasteiger partial charge is 0.455 e. The maximum Gasteiger partial charge on any atom is 0.283 e. The molecule has 190 valence electrons. The molecule has 0 saturated carbocycles. The summed E-state index contributed by atoms with van der Waals surface area (Å²) in [7, 11) is 0.0503. The van der Waals surface area contributed by atoms with Gasteiger partial charge in [0.25, 0.3) is 5.91 Å². The number of nitrogens with two attached hydrogens (primary N) is 1. The van der Waals surface area contributed by atoms with Crippen LogP contribution >= 0.6 is 11.6 Å². The number of allylic oxidation sites excluding steroid dienone is 1. The Morgan fingerprint density at radius 2 is 2.00 bits per heavy atom. The molecular formula is C25H28ClN5O4S. The van der Waals surface area contributed by atoms with Gasteiger partial charge in [-0.25, -0.2) is 9.19 Å². The van der Waals surface area contributed by atoms with E-state index in [1.165, 1.54) is 18.5 Å². The van der Waals surface area contributed by atoms with Crippen LogP contribution in [0.1, 0.15) is 52.8 Å². The van der Waals surface area contributed by atoms with E-state index in [0.717, 1.165) is 5.56 Å². The van der Waals surface area contributed by atoms with E-state index in [-0.39, 0.29) is 16.3 Å². The first-order chi connectivity index (χ1) is 17.0. The Hall–Kier alpha value is -3.50. The zero-order valence-corrected chi connectivity index (χ0v) is 22.4. The lowest BCUT2D eigenvalue weighted by molar-refractivity contribution is 0.0979. The van der Waals surface area contributed by atoms with Crippen LogP contribution in [0.3, 0.4) is 0 Å². The van der Waals surface area contributed by atoms with Crippen molar-refractivity contribution in [3.63, 3.8) is 0 Å². The number of halogens is 1. The Labute approximate surface area is 216 Å². The molecule has 0 bridgehead atoms. The summed E-state index contributed by atoms with van der Waals surface area (Å²) in [6.45, 7) is 7.22. The van der Waals surface area contributed by atoms with Gasteiger partial charge in [-0.1, -0.05) is 17.7 Å². The first-order valence-electron chi connectivity index (χ1n) is 11.0. The molecule has 1 aromatic carbocycles. The van der Waals surface area contributed by atoms with Crippen LogP contribution in [0.2, 0.25) is 5.15 Å². The van der Waals surface area contributed by atoms with E-state index >= 15 is 0 Å². The van der Waals surface area contributed by atoms with Crippen molar-refractivity contribution in [1.29, 1.82) is 0 Å². The van der Waals surface area contributed by atoms with Gasteiger partial charge in [-0.2, -0.15) is 0 Å². The van der Waals surface area contributed by atoms with Crippen LogP contribution in [-0.2, 0) is 11.0 Å². The fourth-order valence-corrected chi connectivity index (χ4v) is 4.35. The number of anilines is 1. The van der Waals surface area contributed by atoms with Gasteiger partial charge < -0.3 is 15.5 Å². The molecule has 1 amide bonds. The minimum atomic E-state index is -1.58. The third kappa shape index (κ3) is 5.50. The molecule has 3 rings (SSSR count). The van der Waals surface area contributed by atoms with Crippen molar-refractivity contribution in [3.05, 3.63) is 74.0 Å². The molecule has 0 spiro atoms. The maximum atomic E-state index is 13.4. The van der Waals surface area contributed by atoms with Crippen LogP contribution in [0.5, 0.6) is 0 Å². The van der Waals surface area contributed by atoms with Crippen molar-refractivity contribution in [2.75, 3.05) is 18.6 Å². The zero-order chi connectivity index (χ0) is 26.7. The van der Waals surface area contributed by atoms with E-state index in [9.17, 15) is 13.8 Å². The number of carbonyl (C=O) groups is 1. The molecule has 4 N–H and O–H groups in total. The van der Waals surface area contributed by atoms with Crippen molar-refractivity contribution in [1.82, 2.24) is 9.71 Å². The lowest BCUT2D eigenvalue weighted by Crippen LogP contribution is -2.27. The molecular weight excluding hydrogens is 502 g/mol. The van der Waals surface area contributed by atoms with Gasteiger partial charge in [-0.05, 0) is 51.5 Å². The molecule has 2 unspecified atom stereocenters.